The Hall–Kier alpha value is -4.59. The van der Waals surface area contributed by atoms with Gasteiger partial charge in [-0.1, -0.05) is 13.8 Å². The first-order valence-corrected chi connectivity index (χ1v) is 14.2. The lowest BCUT2D eigenvalue weighted by atomic mass is 10.1. The molecule has 0 fully saturated rings. The molecule has 0 unspecified atom stereocenters. The van der Waals surface area contributed by atoms with E-state index in [0.29, 0.717) is 34.6 Å². The van der Waals surface area contributed by atoms with Crippen LogP contribution in [0.15, 0.2) is 47.9 Å². The molecule has 1 aromatic carbocycles. The third-order valence-electron chi connectivity index (χ3n) is 7.07. The number of amides is 1. The minimum Gasteiger partial charge on any atom is -0.496 e. The number of esters is 1. The number of aromatic nitrogens is 2. The fourth-order valence-corrected chi connectivity index (χ4v) is 4.41. The summed E-state index contributed by atoms with van der Waals surface area (Å²) in [7, 11) is 2.60. The number of nitrogens with zero attached hydrogens (tertiary/aromatic N) is 4. The number of carbonyl (C=O) groups excluding carboxylic acids is 2. The Bertz CT molecular complexity index is 1540. The maximum Gasteiger partial charge on any atom is 0.405 e. The largest absolute Gasteiger partial charge is 0.496 e. The van der Waals surface area contributed by atoms with Crippen LogP contribution in [0, 0.1) is 0 Å². The lowest BCUT2D eigenvalue weighted by molar-refractivity contribution is -0.149. The minimum atomic E-state index is -4.58. The Morgan fingerprint density at radius 1 is 1.11 bits per heavy atom. The van der Waals surface area contributed by atoms with E-state index in [1.807, 2.05) is 19.2 Å². The van der Waals surface area contributed by atoms with Crippen molar-refractivity contribution in [2.75, 3.05) is 47.0 Å². The lowest BCUT2D eigenvalue weighted by Crippen LogP contribution is -2.35. The number of ether oxygens (including phenoxy) is 3. The van der Waals surface area contributed by atoms with Crippen molar-refractivity contribution < 1.29 is 37.0 Å². The van der Waals surface area contributed by atoms with Gasteiger partial charge >= 0.3 is 12.1 Å². The van der Waals surface area contributed by atoms with E-state index in [4.69, 9.17) is 19.9 Å². The summed E-state index contributed by atoms with van der Waals surface area (Å²) >= 11 is 0. The molecule has 14 heteroatoms. The number of hydrogen-bond donors (Lipinski definition) is 2. The van der Waals surface area contributed by atoms with Crippen molar-refractivity contribution in [3.8, 4) is 22.8 Å². The van der Waals surface area contributed by atoms with Gasteiger partial charge in [0, 0.05) is 36.3 Å². The molecule has 0 radical (unpaired) electrons. The molecule has 244 valence electrons. The number of methoxy groups -OCH3 is 2. The molecule has 0 saturated heterocycles. The number of fused-ring (bicyclic) bond motifs is 1. The van der Waals surface area contributed by atoms with Gasteiger partial charge in [0.1, 0.15) is 35.9 Å². The molecular weight excluding hydrogens is 593 g/mol. The van der Waals surface area contributed by atoms with E-state index >= 15 is 0 Å². The number of halogens is 3. The van der Waals surface area contributed by atoms with Crippen molar-refractivity contribution in [1.82, 2.24) is 19.6 Å². The molecule has 0 bridgehead atoms. The first-order chi connectivity index (χ1) is 21.3. The molecule has 2 aromatic heterocycles. The van der Waals surface area contributed by atoms with Crippen LogP contribution in [0.2, 0.25) is 0 Å². The molecule has 3 N–H and O–H groups in total. The Balaban J connectivity index is 1.86. The second-order valence-corrected chi connectivity index (χ2v) is 10.4. The van der Waals surface area contributed by atoms with Crippen LogP contribution in [0.25, 0.3) is 22.5 Å². The predicted molar refractivity (Wildman–Crippen MR) is 166 cm³/mol. The molecule has 11 nitrogen and oxygen atoms in total. The summed E-state index contributed by atoms with van der Waals surface area (Å²) < 4.78 is 56.0. The molecule has 2 heterocycles. The SMILES string of the molecule is CCN(CC)CCOC(=O)C(C)(C)N=CC(=CN)c1ccn2c(-c3cc(OC)c(C(=O)NCC(F)(F)F)c(OC)c3)cnc2c1. The average molecular weight is 633 g/mol. The minimum absolute atomic E-state index is 0.0225. The molecule has 0 atom stereocenters. The van der Waals surface area contributed by atoms with E-state index in [1.54, 1.807) is 42.8 Å². The third kappa shape index (κ3) is 8.75. The van der Waals surface area contributed by atoms with Crippen molar-refractivity contribution in [3.63, 3.8) is 0 Å². The topological polar surface area (TPSA) is 133 Å². The van der Waals surface area contributed by atoms with Gasteiger partial charge in [0.15, 0.2) is 5.54 Å². The van der Waals surface area contributed by atoms with Gasteiger partial charge < -0.3 is 30.2 Å². The smallest absolute Gasteiger partial charge is 0.405 e. The molecule has 45 heavy (non-hydrogen) atoms. The van der Waals surface area contributed by atoms with E-state index in [9.17, 15) is 22.8 Å². The van der Waals surface area contributed by atoms with Gasteiger partial charge in [0.05, 0.1) is 26.1 Å². The molecule has 0 aliphatic carbocycles. The van der Waals surface area contributed by atoms with Crippen LogP contribution in [-0.4, -0.2) is 91.1 Å². The summed E-state index contributed by atoms with van der Waals surface area (Å²) in [5, 5.41) is 1.84. The summed E-state index contributed by atoms with van der Waals surface area (Å²) in [6.45, 7) is 8.55. The van der Waals surface area contributed by atoms with Gasteiger partial charge in [-0.15, -0.1) is 0 Å². The van der Waals surface area contributed by atoms with Crippen LogP contribution in [-0.2, 0) is 9.53 Å². The Kier molecular flexibility index (Phi) is 11.6. The van der Waals surface area contributed by atoms with Crippen LogP contribution < -0.4 is 20.5 Å². The van der Waals surface area contributed by atoms with Gasteiger partial charge in [0.25, 0.3) is 5.91 Å². The van der Waals surface area contributed by atoms with Gasteiger partial charge in [-0.2, -0.15) is 13.2 Å². The van der Waals surface area contributed by atoms with Crippen LogP contribution in [0.5, 0.6) is 11.5 Å². The third-order valence-corrected chi connectivity index (χ3v) is 7.07. The molecule has 3 aromatic rings. The monoisotopic (exact) mass is 632 g/mol. The second-order valence-electron chi connectivity index (χ2n) is 10.4. The van der Waals surface area contributed by atoms with Crippen LogP contribution in [0.1, 0.15) is 43.6 Å². The number of rotatable bonds is 14. The second kappa shape index (κ2) is 14.9. The highest BCUT2D eigenvalue weighted by Gasteiger charge is 2.30. The van der Waals surface area contributed by atoms with E-state index in [1.165, 1.54) is 38.8 Å². The highest BCUT2D eigenvalue weighted by Crippen LogP contribution is 2.36. The molecule has 0 spiro atoms. The van der Waals surface area contributed by atoms with Gasteiger partial charge in [-0.25, -0.2) is 9.78 Å². The fraction of sp³-hybridized carbons (Fsp3) is 0.419. The fourth-order valence-electron chi connectivity index (χ4n) is 4.41. The number of alkyl halides is 3. The summed E-state index contributed by atoms with van der Waals surface area (Å²) in [5.41, 5.74) is 7.50. The van der Waals surface area contributed by atoms with E-state index < -0.39 is 30.1 Å². The van der Waals surface area contributed by atoms with E-state index in [-0.39, 0.29) is 23.7 Å². The normalized spacial score (nSPS) is 12.6. The number of hydrogen-bond acceptors (Lipinski definition) is 9. The predicted octanol–water partition coefficient (Wildman–Crippen LogP) is 4.34. The van der Waals surface area contributed by atoms with Crippen molar-refractivity contribution in [1.29, 1.82) is 0 Å². The Morgan fingerprint density at radius 2 is 1.76 bits per heavy atom. The van der Waals surface area contributed by atoms with Crippen LogP contribution in [0.3, 0.4) is 0 Å². The first kappa shape index (κ1) is 34.9. The van der Waals surface area contributed by atoms with Crippen molar-refractivity contribution >= 4 is 29.3 Å². The summed E-state index contributed by atoms with van der Waals surface area (Å²) in [6.07, 6.45) is 1.65. The summed E-state index contributed by atoms with van der Waals surface area (Å²) in [6, 6.07) is 6.59. The summed E-state index contributed by atoms with van der Waals surface area (Å²) in [5.74, 6) is -1.40. The van der Waals surface area contributed by atoms with Crippen LogP contribution >= 0.6 is 0 Å². The van der Waals surface area contributed by atoms with E-state index in [0.717, 1.165) is 13.1 Å². The quantitative estimate of drug-likeness (QED) is 0.198. The van der Waals surface area contributed by atoms with Gasteiger partial charge in [0.2, 0.25) is 0 Å². The number of nitrogens with two attached hydrogens (primary N) is 1. The van der Waals surface area contributed by atoms with Crippen molar-refractivity contribution in [2.45, 2.75) is 39.4 Å². The first-order valence-electron chi connectivity index (χ1n) is 14.2. The molecule has 0 aliphatic heterocycles. The number of benzene rings is 1. The van der Waals surface area contributed by atoms with Crippen molar-refractivity contribution in [2.24, 2.45) is 10.7 Å². The van der Waals surface area contributed by atoms with E-state index in [2.05, 4.69) is 14.9 Å². The number of allylic oxidation sites excluding steroid dienone is 1. The molecule has 3 rings (SSSR count). The highest BCUT2D eigenvalue weighted by molar-refractivity contribution is 6.10. The van der Waals surface area contributed by atoms with Crippen molar-refractivity contribution in [3.05, 3.63) is 54.0 Å². The number of pyridine rings is 1. The Labute approximate surface area is 259 Å². The number of aliphatic imine (C=N–C) groups is 1. The molecular formula is C31H39F3N6O5. The van der Waals surface area contributed by atoms with Gasteiger partial charge in [-0.3, -0.25) is 14.2 Å². The number of likely N-dealkylation sites (N-methyl/N-ethyl adjacent to an activating group) is 1. The maximum atomic E-state index is 12.7. The highest BCUT2D eigenvalue weighted by atomic mass is 19.4. The number of nitrogens with one attached hydrogen (secondary N) is 1. The standard InChI is InChI=1S/C31H39F3N6O5/c1-7-39(8-2)11-12-45-29(42)30(3,4)38-17-22(16-35)20-9-10-40-23(18-36-26(40)15-20)21-13-24(43-5)27(25(14-21)44-6)28(41)37-19-31(32,33)34/h9-10,13-18H,7-8,11-12,19,35H2,1-6H3,(H,37,41). The average Bonchev–Trinajstić information content (AvgIpc) is 3.44. The maximum absolute atomic E-state index is 12.7. The Morgan fingerprint density at radius 3 is 2.31 bits per heavy atom. The zero-order valence-corrected chi connectivity index (χ0v) is 26.2. The zero-order chi connectivity index (χ0) is 33.4. The summed E-state index contributed by atoms with van der Waals surface area (Å²) in [4.78, 5) is 36.4. The van der Waals surface area contributed by atoms with Crippen LogP contribution in [0.4, 0.5) is 13.2 Å². The molecule has 0 aliphatic rings. The number of imidazole rings is 1. The van der Waals surface area contributed by atoms with Gasteiger partial charge in [-0.05, 0) is 56.8 Å². The molecule has 1 amide bonds. The lowest BCUT2D eigenvalue weighted by Gasteiger charge is -2.21. The zero-order valence-electron chi connectivity index (χ0n) is 26.2. The molecule has 0 saturated carbocycles. The number of carbonyl (C=O) groups is 2.